The van der Waals surface area contributed by atoms with Crippen molar-refractivity contribution in [2.45, 2.75) is 25.6 Å². The molecule has 0 saturated carbocycles. The molecular formula is C18H19F3N2OS. The second kappa shape index (κ2) is 7.17. The number of hydrogen-bond acceptors (Lipinski definition) is 3. The highest BCUT2D eigenvalue weighted by Gasteiger charge is 2.34. The van der Waals surface area contributed by atoms with Gasteiger partial charge in [0, 0.05) is 24.7 Å². The molecule has 0 aliphatic carbocycles. The molecule has 1 aromatic heterocycles. The topological polar surface area (TPSA) is 32.3 Å². The summed E-state index contributed by atoms with van der Waals surface area (Å²) in [5.41, 5.74) is 2.95. The van der Waals surface area contributed by atoms with E-state index in [1.807, 2.05) is 42.6 Å². The lowest BCUT2D eigenvalue weighted by Gasteiger charge is -2.18. The second-order valence-corrected chi connectivity index (χ2v) is 7.25. The Hall–Kier alpha value is -1.86. The van der Waals surface area contributed by atoms with Crippen molar-refractivity contribution >= 4 is 17.2 Å². The Balaban J connectivity index is 1.65. The number of nitrogens with one attached hydrogen (secondary N) is 1. The average Bonchev–Trinajstić information content (AvgIpc) is 3.16. The monoisotopic (exact) mass is 368 g/mol. The van der Waals surface area contributed by atoms with E-state index in [0.29, 0.717) is 17.8 Å². The first-order valence-electron chi connectivity index (χ1n) is 8.06. The third-order valence-corrected chi connectivity index (χ3v) is 5.16. The quantitative estimate of drug-likeness (QED) is 0.882. The number of carbonyl (C=O) groups is 1. The lowest BCUT2D eigenvalue weighted by Crippen LogP contribution is -2.39. The van der Waals surface area contributed by atoms with E-state index in [9.17, 15) is 18.0 Å². The molecule has 0 radical (unpaired) electrons. The number of halogens is 3. The molecule has 3 nitrogen and oxygen atoms in total. The van der Waals surface area contributed by atoms with Crippen LogP contribution in [-0.4, -0.2) is 42.7 Å². The first kappa shape index (κ1) is 17.9. The number of hydrogen-bond donors (Lipinski definition) is 1. The fourth-order valence-electron chi connectivity index (χ4n) is 3.04. The normalized spacial score (nSPS) is 18.5. The number of aryl methyl sites for hydroxylation is 1. The van der Waals surface area contributed by atoms with Crippen molar-refractivity contribution in [1.82, 2.24) is 10.2 Å². The Morgan fingerprint density at radius 1 is 1.28 bits per heavy atom. The molecule has 7 heteroatoms. The maximum absolute atomic E-state index is 12.6. The molecule has 0 bridgehead atoms. The van der Waals surface area contributed by atoms with E-state index in [1.54, 1.807) is 0 Å². The second-order valence-electron chi connectivity index (χ2n) is 6.34. The predicted molar refractivity (Wildman–Crippen MR) is 92.9 cm³/mol. The fourth-order valence-corrected chi connectivity index (χ4v) is 3.86. The van der Waals surface area contributed by atoms with Crippen LogP contribution in [0.4, 0.5) is 13.2 Å². The van der Waals surface area contributed by atoms with Crippen LogP contribution in [0, 0.1) is 6.92 Å². The number of likely N-dealkylation sites (tertiary alicyclic amines) is 1. The summed E-state index contributed by atoms with van der Waals surface area (Å²) in [7, 11) is 0. The number of nitrogens with zero attached hydrogens (tertiary/aromatic N) is 1. The summed E-state index contributed by atoms with van der Waals surface area (Å²) in [4.78, 5) is 14.5. The first-order valence-corrected chi connectivity index (χ1v) is 8.94. The fraction of sp³-hybridized carbons (Fsp3) is 0.389. The Morgan fingerprint density at radius 2 is 2.00 bits per heavy atom. The number of benzene rings is 1. The minimum absolute atomic E-state index is 0.218. The van der Waals surface area contributed by atoms with E-state index in [2.05, 4.69) is 5.32 Å². The molecule has 0 spiro atoms. The summed E-state index contributed by atoms with van der Waals surface area (Å²) in [6.45, 7) is 1.65. The van der Waals surface area contributed by atoms with Crippen molar-refractivity contribution in [3.05, 3.63) is 46.2 Å². The van der Waals surface area contributed by atoms with Crippen molar-refractivity contribution in [3.63, 3.8) is 0 Å². The Kier molecular flexibility index (Phi) is 5.15. The summed E-state index contributed by atoms with van der Waals surface area (Å²) in [6.07, 6.45) is -3.67. The van der Waals surface area contributed by atoms with Crippen molar-refractivity contribution in [2.24, 2.45) is 0 Å². The van der Waals surface area contributed by atoms with Gasteiger partial charge in [0.15, 0.2) is 0 Å². The zero-order valence-corrected chi connectivity index (χ0v) is 14.6. The summed E-state index contributed by atoms with van der Waals surface area (Å²) >= 11 is 1.35. The highest BCUT2D eigenvalue weighted by molar-refractivity contribution is 7.12. The number of carbonyl (C=O) groups excluding carboxylic acids is 1. The van der Waals surface area contributed by atoms with Gasteiger partial charge >= 0.3 is 6.18 Å². The molecule has 25 heavy (non-hydrogen) atoms. The number of alkyl halides is 3. The van der Waals surface area contributed by atoms with E-state index in [0.717, 1.165) is 16.7 Å². The van der Waals surface area contributed by atoms with E-state index in [4.69, 9.17) is 0 Å². The Labute approximate surface area is 148 Å². The van der Waals surface area contributed by atoms with E-state index >= 15 is 0 Å². The van der Waals surface area contributed by atoms with Crippen LogP contribution in [0.3, 0.4) is 0 Å². The van der Waals surface area contributed by atoms with Crippen LogP contribution in [0.2, 0.25) is 0 Å². The summed E-state index contributed by atoms with van der Waals surface area (Å²) < 4.78 is 37.4. The maximum atomic E-state index is 12.6. The molecule has 1 atom stereocenters. The number of rotatable bonds is 4. The molecule has 1 aromatic carbocycles. The number of amides is 1. The van der Waals surface area contributed by atoms with E-state index < -0.39 is 12.7 Å². The van der Waals surface area contributed by atoms with Gasteiger partial charge in [-0.15, -0.1) is 11.3 Å². The molecule has 2 aromatic rings. The van der Waals surface area contributed by atoms with Crippen molar-refractivity contribution in [2.75, 3.05) is 19.6 Å². The van der Waals surface area contributed by atoms with Gasteiger partial charge in [0.25, 0.3) is 5.91 Å². The van der Waals surface area contributed by atoms with Gasteiger partial charge in [0.05, 0.1) is 11.4 Å². The molecule has 1 amide bonds. The van der Waals surface area contributed by atoms with Gasteiger partial charge in [-0.1, -0.05) is 29.8 Å². The van der Waals surface area contributed by atoms with Crippen LogP contribution < -0.4 is 5.32 Å². The molecule has 1 aliphatic heterocycles. The predicted octanol–water partition coefficient (Wildman–Crippen LogP) is 4.09. The first-order chi connectivity index (χ1) is 11.8. The Bertz CT molecular complexity index is 740. The molecule has 1 fully saturated rings. The smallest absolute Gasteiger partial charge is 0.347 e. The van der Waals surface area contributed by atoms with Crippen LogP contribution in [0.5, 0.6) is 0 Å². The SMILES string of the molecule is Cc1ccc(-c2ccsc2C(=O)NC2CCN(CC(F)(F)F)C2)cc1. The van der Waals surface area contributed by atoms with Gasteiger partial charge in [-0.05, 0) is 30.4 Å². The molecule has 3 rings (SSSR count). The van der Waals surface area contributed by atoms with Crippen LogP contribution in [0.15, 0.2) is 35.7 Å². The van der Waals surface area contributed by atoms with Gasteiger partial charge in [-0.2, -0.15) is 13.2 Å². The van der Waals surface area contributed by atoms with Crippen LogP contribution in [-0.2, 0) is 0 Å². The summed E-state index contributed by atoms with van der Waals surface area (Å²) in [5, 5.41) is 4.74. The third kappa shape index (κ3) is 4.61. The standard InChI is InChI=1S/C18H19F3N2OS/c1-12-2-4-13(5-3-12)15-7-9-25-16(15)17(24)22-14-6-8-23(10-14)11-18(19,20)21/h2-5,7,9,14H,6,8,10-11H2,1H3,(H,22,24). The van der Waals surface area contributed by atoms with Crippen molar-refractivity contribution < 1.29 is 18.0 Å². The summed E-state index contributed by atoms with van der Waals surface area (Å²) in [5.74, 6) is -0.218. The third-order valence-electron chi connectivity index (χ3n) is 4.24. The largest absolute Gasteiger partial charge is 0.401 e. The Morgan fingerprint density at radius 3 is 2.68 bits per heavy atom. The summed E-state index contributed by atoms with van der Waals surface area (Å²) in [6, 6.07) is 9.56. The van der Waals surface area contributed by atoms with Crippen LogP contribution in [0.25, 0.3) is 11.1 Å². The zero-order chi connectivity index (χ0) is 18.0. The lowest BCUT2D eigenvalue weighted by molar-refractivity contribution is -0.143. The molecule has 134 valence electrons. The van der Waals surface area contributed by atoms with Crippen molar-refractivity contribution in [1.29, 1.82) is 0 Å². The van der Waals surface area contributed by atoms with Crippen molar-refractivity contribution in [3.8, 4) is 11.1 Å². The highest BCUT2D eigenvalue weighted by atomic mass is 32.1. The minimum Gasteiger partial charge on any atom is -0.347 e. The van der Waals surface area contributed by atoms with Gasteiger partial charge in [-0.25, -0.2) is 0 Å². The zero-order valence-electron chi connectivity index (χ0n) is 13.8. The molecular weight excluding hydrogens is 349 g/mol. The highest BCUT2D eigenvalue weighted by Crippen LogP contribution is 2.29. The van der Waals surface area contributed by atoms with E-state index in [1.165, 1.54) is 16.2 Å². The molecule has 1 saturated heterocycles. The van der Waals surface area contributed by atoms with E-state index in [-0.39, 0.29) is 18.5 Å². The van der Waals surface area contributed by atoms with Gasteiger partial charge in [0.1, 0.15) is 0 Å². The number of thiophene rings is 1. The minimum atomic E-state index is -4.20. The van der Waals surface area contributed by atoms with Crippen LogP contribution in [0.1, 0.15) is 21.7 Å². The van der Waals surface area contributed by atoms with Gasteiger partial charge < -0.3 is 5.32 Å². The average molecular weight is 368 g/mol. The van der Waals surface area contributed by atoms with Crippen LogP contribution >= 0.6 is 11.3 Å². The molecule has 2 heterocycles. The maximum Gasteiger partial charge on any atom is 0.401 e. The molecule has 1 unspecified atom stereocenters. The molecule has 1 N–H and O–H groups in total. The van der Waals surface area contributed by atoms with Gasteiger partial charge in [0.2, 0.25) is 0 Å². The van der Waals surface area contributed by atoms with Gasteiger partial charge in [-0.3, -0.25) is 9.69 Å². The lowest BCUT2D eigenvalue weighted by atomic mass is 10.0. The molecule has 1 aliphatic rings.